The highest BCUT2D eigenvalue weighted by Gasteiger charge is 2.20. The van der Waals surface area contributed by atoms with Crippen LogP contribution in [0.15, 0.2) is 54.6 Å². The van der Waals surface area contributed by atoms with E-state index in [9.17, 15) is 4.79 Å². The van der Waals surface area contributed by atoms with Crippen LogP contribution in [0.25, 0.3) is 0 Å². The van der Waals surface area contributed by atoms with Gasteiger partial charge in [-0.15, -0.1) is 0 Å². The number of rotatable bonds is 8. The van der Waals surface area contributed by atoms with E-state index < -0.39 is 6.09 Å². The van der Waals surface area contributed by atoms with Gasteiger partial charge in [-0.05, 0) is 56.3 Å². The zero-order chi connectivity index (χ0) is 26.5. The topological polar surface area (TPSA) is 105 Å². The Labute approximate surface area is 222 Å². The molecular weight excluding hydrogens is 484 g/mol. The molecule has 0 bridgehead atoms. The van der Waals surface area contributed by atoms with Crippen LogP contribution >= 0.6 is 0 Å². The van der Waals surface area contributed by atoms with Crippen molar-refractivity contribution in [1.82, 2.24) is 9.88 Å². The van der Waals surface area contributed by atoms with Gasteiger partial charge in [0.05, 0.1) is 12.8 Å². The van der Waals surface area contributed by atoms with Crippen LogP contribution in [0.2, 0.25) is 0 Å². The number of hydrogen-bond donors (Lipinski definition) is 2. The van der Waals surface area contributed by atoms with Crippen LogP contribution in [0, 0.1) is 0 Å². The van der Waals surface area contributed by atoms with E-state index in [2.05, 4.69) is 39.2 Å². The summed E-state index contributed by atoms with van der Waals surface area (Å²) in [5.74, 6) is 2.62. The summed E-state index contributed by atoms with van der Waals surface area (Å²) >= 11 is 0. The van der Waals surface area contributed by atoms with Gasteiger partial charge < -0.3 is 40.0 Å². The van der Waals surface area contributed by atoms with Crippen LogP contribution in [-0.2, 0) is 0 Å². The van der Waals surface area contributed by atoms with Crippen molar-refractivity contribution in [3.8, 4) is 23.1 Å². The number of likely N-dealkylation sites (N-methyl/N-ethyl adjacent to an activating group) is 1. The lowest BCUT2D eigenvalue weighted by Gasteiger charge is -2.34. The minimum absolute atomic E-state index is 0.303. The summed E-state index contributed by atoms with van der Waals surface area (Å²) in [7, 11) is 3.82. The molecule has 1 aromatic heterocycles. The predicted molar refractivity (Wildman–Crippen MR) is 148 cm³/mol. The van der Waals surface area contributed by atoms with Crippen molar-refractivity contribution in [2.24, 2.45) is 5.73 Å². The molecule has 3 aromatic rings. The molecule has 10 heteroatoms. The number of piperazine rings is 1. The van der Waals surface area contributed by atoms with Crippen molar-refractivity contribution < 1.29 is 19.0 Å². The third-order valence-electron chi connectivity index (χ3n) is 6.84. The Morgan fingerprint density at radius 1 is 0.921 bits per heavy atom. The first kappa shape index (κ1) is 25.5. The quantitative estimate of drug-likeness (QED) is 0.448. The van der Waals surface area contributed by atoms with Crippen molar-refractivity contribution in [2.45, 2.75) is 12.8 Å². The van der Waals surface area contributed by atoms with Crippen LogP contribution in [0.5, 0.6) is 23.1 Å². The summed E-state index contributed by atoms with van der Waals surface area (Å²) in [5.41, 5.74) is 8.03. The van der Waals surface area contributed by atoms with Crippen molar-refractivity contribution in [2.75, 3.05) is 68.5 Å². The molecule has 3 heterocycles. The number of amides is 1. The lowest BCUT2D eigenvalue weighted by molar-refractivity contribution is 0.211. The summed E-state index contributed by atoms with van der Waals surface area (Å²) in [6.07, 6.45) is 1.37. The molecule has 2 fully saturated rings. The number of nitrogens with one attached hydrogen (secondary N) is 1. The maximum absolute atomic E-state index is 11.2. The van der Waals surface area contributed by atoms with Gasteiger partial charge in [-0.1, -0.05) is 6.07 Å². The summed E-state index contributed by atoms with van der Waals surface area (Å²) in [4.78, 5) is 23.0. The predicted octanol–water partition coefficient (Wildman–Crippen LogP) is 4.44. The minimum Gasteiger partial charge on any atom is -0.494 e. The molecule has 0 spiro atoms. The van der Waals surface area contributed by atoms with E-state index in [1.54, 1.807) is 31.4 Å². The van der Waals surface area contributed by atoms with Gasteiger partial charge in [0.25, 0.3) is 0 Å². The second-order valence-corrected chi connectivity index (χ2v) is 9.51. The third-order valence-corrected chi connectivity index (χ3v) is 6.84. The van der Waals surface area contributed by atoms with E-state index >= 15 is 0 Å². The number of nitrogens with zero attached hydrogens (tertiary/aromatic N) is 4. The summed E-state index contributed by atoms with van der Waals surface area (Å²) in [6, 6.07) is 16.9. The monoisotopic (exact) mass is 518 g/mol. The summed E-state index contributed by atoms with van der Waals surface area (Å²) in [6.45, 7) is 5.93. The number of primary amides is 1. The number of ether oxygens (including phenoxy) is 3. The van der Waals surface area contributed by atoms with Crippen LogP contribution < -0.4 is 35.1 Å². The molecule has 2 aromatic carbocycles. The average Bonchev–Trinajstić information content (AvgIpc) is 3.44. The molecule has 0 saturated carbocycles. The van der Waals surface area contributed by atoms with Crippen molar-refractivity contribution >= 4 is 29.0 Å². The van der Waals surface area contributed by atoms with Crippen LogP contribution in [-0.4, -0.2) is 69.4 Å². The molecule has 0 aliphatic carbocycles. The minimum atomic E-state index is -0.878. The van der Waals surface area contributed by atoms with Crippen LogP contribution in [0.3, 0.4) is 0 Å². The Kier molecular flexibility index (Phi) is 7.69. The van der Waals surface area contributed by atoms with Gasteiger partial charge >= 0.3 is 6.09 Å². The molecule has 3 N–H and O–H groups in total. The van der Waals surface area contributed by atoms with E-state index in [0.717, 1.165) is 74.9 Å². The van der Waals surface area contributed by atoms with E-state index in [1.165, 1.54) is 0 Å². The van der Waals surface area contributed by atoms with E-state index in [-0.39, 0.29) is 0 Å². The van der Waals surface area contributed by atoms with Gasteiger partial charge in [0.2, 0.25) is 5.88 Å². The Bertz CT molecular complexity index is 1270. The molecule has 0 radical (unpaired) electrons. The number of carbonyl (C=O) groups excluding carboxylic acids is 1. The average molecular weight is 519 g/mol. The maximum atomic E-state index is 11.2. The largest absolute Gasteiger partial charge is 0.494 e. The number of methoxy groups -OCH3 is 1. The molecule has 5 rings (SSSR count). The first-order valence-corrected chi connectivity index (χ1v) is 12.9. The molecule has 2 aliphatic rings. The Morgan fingerprint density at radius 3 is 2.42 bits per heavy atom. The highest BCUT2D eigenvalue weighted by atomic mass is 16.5. The number of pyridine rings is 1. The number of nitrogens with two attached hydrogens (primary N) is 1. The van der Waals surface area contributed by atoms with Gasteiger partial charge in [-0.2, -0.15) is 4.98 Å². The lowest BCUT2D eigenvalue weighted by atomic mass is 10.2. The van der Waals surface area contributed by atoms with Crippen LogP contribution in [0.1, 0.15) is 12.8 Å². The maximum Gasteiger partial charge on any atom is 0.409 e. The number of carbonyl (C=O) groups is 1. The molecule has 10 nitrogen and oxygen atoms in total. The smallest absolute Gasteiger partial charge is 0.409 e. The molecule has 38 heavy (non-hydrogen) atoms. The van der Waals surface area contributed by atoms with E-state index in [1.807, 2.05) is 18.2 Å². The number of aromatic nitrogens is 1. The highest BCUT2D eigenvalue weighted by Crippen LogP contribution is 2.37. The van der Waals surface area contributed by atoms with Gasteiger partial charge in [-0.25, -0.2) is 4.79 Å². The molecule has 1 amide bonds. The fourth-order valence-electron chi connectivity index (χ4n) is 4.79. The van der Waals surface area contributed by atoms with Crippen molar-refractivity contribution in [1.29, 1.82) is 0 Å². The standard InChI is InChI=1S/C28H34N6O4/c1-32-14-16-33(17-15-32)20-8-9-23(25(18-20)36-2)30-26-11-10-24(34-12-3-4-13-34)27(31-26)37-21-6-5-7-22(19-21)38-28(29)35/h5-11,18-19H,3-4,12-17H2,1-2H3,(H2,29,35)(H,30,31). The molecule has 2 saturated heterocycles. The van der Waals surface area contributed by atoms with Gasteiger partial charge in [0, 0.05) is 57.1 Å². The highest BCUT2D eigenvalue weighted by molar-refractivity contribution is 5.71. The van der Waals surface area contributed by atoms with Crippen molar-refractivity contribution in [3.05, 3.63) is 54.6 Å². The van der Waals surface area contributed by atoms with Gasteiger partial charge in [0.1, 0.15) is 28.8 Å². The Balaban J connectivity index is 1.40. The fraction of sp³-hybridized carbons (Fsp3) is 0.357. The molecule has 200 valence electrons. The SMILES string of the molecule is COc1cc(N2CCN(C)CC2)ccc1Nc1ccc(N2CCCC2)c(Oc2cccc(OC(N)=O)c2)n1. The first-order chi connectivity index (χ1) is 18.5. The molecule has 2 aliphatic heterocycles. The third kappa shape index (κ3) is 6.03. The van der Waals surface area contributed by atoms with E-state index in [0.29, 0.717) is 23.2 Å². The molecule has 0 atom stereocenters. The molecule has 0 unspecified atom stereocenters. The number of benzene rings is 2. The molecular formula is C28H34N6O4. The van der Waals surface area contributed by atoms with E-state index in [4.69, 9.17) is 24.9 Å². The lowest BCUT2D eigenvalue weighted by Crippen LogP contribution is -2.44. The van der Waals surface area contributed by atoms with Gasteiger partial charge in [-0.3, -0.25) is 0 Å². The normalized spacial score (nSPS) is 15.8. The Hall–Kier alpha value is -4.18. The van der Waals surface area contributed by atoms with Gasteiger partial charge in [0.15, 0.2) is 0 Å². The zero-order valence-corrected chi connectivity index (χ0v) is 21.9. The van der Waals surface area contributed by atoms with Crippen LogP contribution in [0.4, 0.5) is 27.7 Å². The number of anilines is 4. The second-order valence-electron chi connectivity index (χ2n) is 9.51. The summed E-state index contributed by atoms with van der Waals surface area (Å²) < 4.78 is 17.0. The van der Waals surface area contributed by atoms with Crippen molar-refractivity contribution in [3.63, 3.8) is 0 Å². The summed E-state index contributed by atoms with van der Waals surface area (Å²) in [5, 5.41) is 3.39. The first-order valence-electron chi connectivity index (χ1n) is 12.9. The Morgan fingerprint density at radius 2 is 1.68 bits per heavy atom. The second kappa shape index (κ2) is 11.5. The number of hydrogen-bond acceptors (Lipinski definition) is 9. The fourth-order valence-corrected chi connectivity index (χ4v) is 4.79. The zero-order valence-electron chi connectivity index (χ0n) is 21.9.